The summed E-state index contributed by atoms with van der Waals surface area (Å²) in [5, 5.41) is 12.1. The topological polar surface area (TPSA) is 75.6 Å². The standard InChI is InChI=1S/C27H34FNO4/c28-22-10-23(33-14-27-11-15-6-16(12-27)8-17(7-15)13-27)20(18-4-5-18)9-21(22)25(30)29-24(26(31)32)19-2-1-3-19/h9-10,15-19,24H,1-8,11-14H2,(H,29,30)(H,31,32). The molecule has 6 aliphatic carbocycles. The van der Waals surface area contributed by atoms with Crippen molar-refractivity contribution in [2.24, 2.45) is 29.1 Å². The van der Waals surface area contributed by atoms with Crippen LogP contribution in [0.5, 0.6) is 5.75 Å². The van der Waals surface area contributed by atoms with E-state index in [0.717, 1.165) is 55.4 Å². The van der Waals surface area contributed by atoms with E-state index in [4.69, 9.17) is 4.74 Å². The molecule has 0 heterocycles. The van der Waals surface area contributed by atoms with Crippen LogP contribution in [0.15, 0.2) is 12.1 Å². The number of hydrogen-bond donors (Lipinski definition) is 2. The van der Waals surface area contributed by atoms with E-state index in [9.17, 15) is 14.7 Å². The fourth-order valence-electron chi connectivity index (χ4n) is 7.66. The van der Waals surface area contributed by atoms with E-state index in [-0.39, 0.29) is 16.9 Å². The molecule has 7 rings (SSSR count). The number of rotatable bonds is 8. The van der Waals surface area contributed by atoms with Gasteiger partial charge < -0.3 is 15.2 Å². The minimum Gasteiger partial charge on any atom is -0.493 e. The van der Waals surface area contributed by atoms with Gasteiger partial charge in [0, 0.05) is 11.5 Å². The molecule has 1 atom stereocenters. The van der Waals surface area contributed by atoms with Crippen LogP contribution in [-0.4, -0.2) is 29.6 Å². The zero-order chi connectivity index (χ0) is 22.7. The van der Waals surface area contributed by atoms with Crippen LogP contribution >= 0.6 is 0 Å². The predicted octanol–water partition coefficient (Wildman–Crippen LogP) is 5.28. The Morgan fingerprint density at radius 3 is 2.21 bits per heavy atom. The van der Waals surface area contributed by atoms with Crippen LogP contribution in [0.1, 0.15) is 92.5 Å². The lowest BCUT2D eigenvalue weighted by Crippen LogP contribution is -2.48. The van der Waals surface area contributed by atoms with E-state index in [1.807, 2.05) is 0 Å². The van der Waals surface area contributed by atoms with Crippen molar-refractivity contribution in [3.8, 4) is 5.75 Å². The average molecular weight is 456 g/mol. The summed E-state index contributed by atoms with van der Waals surface area (Å²) in [7, 11) is 0. The Morgan fingerprint density at radius 1 is 1.06 bits per heavy atom. The minimum absolute atomic E-state index is 0.0652. The first-order valence-corrected chi connectivity index (χ1v) is 12.9. The molecule has 1 amide bonds. The molecule has 4 bridgehead atoms. The van der Waals surface area contributed by atoms with Gasteiger partial charge in [0.05, 0.1) is 12.2 Å². The first-order chi connectivity index (χ1) is 15.9. The quantitative estimate of drug-likeness (QED) is 0.559. The van der Waals surface area contributed by atoms with Gasteiger partial charge in [-0.15, -0.1) is 0 Å². The summed E-state index contributed by atoms with van der Waals surface area (Å²) in [5.74, 6) is 1.000. The van der Waals surface area contributed by atoms with E-state index in [0.29, 0.717) is 18.3 Å². The second-order valence-electron chi connectivity index (χ2n) is 11.8. The molecule has 178 valence electrons. The van der Waals surface area contributed by atoms with Crippen LogP contribution < -0.4 is 10.1 Å². The number of aliphatic carboxylic acids is 1. The van der Waals surface area contributed by atoms with Crippen LogP contribution in [-0.2, 0) is 4.79 Å². The van der Waals surface area contributed by atoms with E-state index in [1.54, 1.807) is 6.07 Å². The van der Waals surface area contributed by atoms with E-state index >= 15 is 4.39 Å². The van der Waals surface area contributed by atoms with Crippen molar-refractivity contribution in [3.05, 3.63) is 29.1 Å². The number of carbonyl (C=O) groups excluding carboxylic acids is 1. The molecule has 0 saturated heterocycles. The summed E-state index contributed by atoms with van der Waals surface area (Å²) in [6.07, 6.45) is 12.4. The molecule has 1 aromatic carbocycles. The van der Waals surface area contributed by atoms with Crippen LogP contribution in [0.25, 0.3) is 0 Å². The summed E-state index contributed by atoms with van der Waals surface area (Å²) in [4.78, 5) is 24.5. The smallest absolute Gasteiger partial charge is 0.326 e. The molecule has 0 radical (unpaired) electrons. The van der Waals surface area contributed by atoms with Crippen LogP contribution in [0.4, 0.5) is 4.39 Å². The molecule has 0 spiro atoms. The highest BCUT2D eigenvalue weighted by Gasteiger charge is 2.51. The monoisotopic (exact) mass is 455 g/mol. The van der Waals surface area contributed by atoms with Gasteiger partial charge in [0.2, 0.25) is 0 Å². The number of nitrogens with one attached hydrogen (secondary N) is 1. The fraction of sp³-hybridized carbons (Fsp3) is 0.704. The second-order valence-corrected chi connectivity index (χ2v) is 11.8. The zero-order valence-electron chi connectivity index (χ0n) is 19.2. The number of carboxylic acids is 1. The highest BCUT2D eigenvalue weighted by Crippen LogP contribution is 2.60. The van der Waals surface area contributed by atoms with Crippen LogP contribution in [0.2, 0.25) is 0 Å². The number of hydrogen-bond acceptors (Lipinski definition) is 3. The number of benzene rings is 1. The van der Waals surface area contributed by atoms with E-state index < -0.39 is 23.7 Å². The predicted molar refractivity (Wildman–Crippen MR) is 121 cm³/mol. The summed E-state index contributed by atoms with van der Waals surface area (Å²) in [6.45, 7) is 0.643. The maximum atomic E-state index is 15.1. The fourth-order valence-corrected chi connectivity index (χ4v) is 7.66. The zero-order valence-corrected chi connectivity index (χ0v) is 19.2. The van der Waals surface area contributed by atoms with Gasteiger partial charge in [-0.25, -0.2) is 9.18 Å². The SMILES string of the molecule is O=C(NC(C(=O)O)C1CCC1)c1cc(C2CC2)c(OCC23CC4CC(CC(C4)C2)C3)cc1F. The number of halogens is 1. The molecule has 6 saturated carbocycles. The normalized spacial score (nSPS) is 33.4. The molecule has 5 nitrogen and oxygen atoms in total. The Balaban J connectivity index is 1.20. The Morgan fingerprint density at radius 2 is 1.70 bits per heavy atom. The Hall–Kier alpha value is -2.11. The summed E-state index contributed by atoms with van der Waals surface area (Å²) >= 11 is 0. The number of amides is 1. The first-order valence-electron chi connectivity index (χ1n) is 12.9. The van der Waals surface area contributed by atoms with Gasteiger partial charge in [-0.1, -0.05) is 6.42 Å². The van der Waals surface area contributed by atoms with Gasteiger partial charge in [0.25, 0.3) is 5.91 Å². The van der Waals surface area contributed by atoms with Crippen molar-refractivity contribution in [1.29, 1.82) is 0 Å². The second kappa shape index (κ2) is 7.99. The van der Waals surface area contributed by atoms with Gasteiger partial charge in [-0.3, -0.25) is 4.79 Å². The van der Waals surface area contributed by atoms with E-state index in [2.05, 4.69) is 5.32 Å². The largest absolute Gasteiger partial charge is 0.493 e. The van der Waals surface area contributed by atoms with Crippen molar-refractivity contribution in [2.45, 2.75) is 82.6 Å². The van der Waals surface area contributed by atoms with Crippen molar-refractivity contribution in [3.63, 3.8) is 0 Å². The first kappa shape index (κ1) is 21.4. The van der Waals surface area contributed by atoms with Gasteiger partial charge >= 0.3 is 5.97 Å². The third-order valence-electron chi connectivity index (χ3n) is 9.23. The van der Waals surface area contributed by atoms with Gasteiger partial charge in [0.15, 0.2) is 0 Å². The summed E-state index contributed by atoms with van der Waals surface area (Å²) in [5.41, 5.74) is 1.07. The summed E-state index contributed by atoms with van der Waals surface area (Å²) < 4.78 is 21.5. The lowest BCUT2D eigenvalue weighted by atomic mass is 9.50. The average Bonchev–Trinajstić information content (AvgIpc) is 3.54. The molecule has 0 aliphatic heterocycles. The number of carboxylic acid groups (broad SMARTS) is 1. The molecule has 33 heavy (non-hydrogen) atoms. The molecule has 1 unspecified atom stereocenters. The highest BCUT2D eigenvalue weighted by molar-refractivity contribution is 5.97. The molecule has 6 aliphatic rings. The van der Waals surface area contributed by atoms with Gasteiger partial charge in [0.1, 0.15) is 17.6 Å². The van der Waals surface area contributed by atoms with Gasteiger partial charge in [-0.05, 0) is 105 Å². The Bertz CT molecular complexity index is 932. The molecule has 0 aromatic heterocycles. The molecular weight excluding hydrogens is 421 g/mol. The van der Waals surface area contributed by atoms with Crippen molar-refractivity contribution in [1.82, 2.24) is 5.32 Å². The van der Waals surface area contributed by atoms with Crippen LogP contribution in [0, 0.1) is 34.9 Å². The summed E-state index contributed by atoms with van der Waals surface area (Å²) in [6, 6.07) is 2.04. The highest BCUT2D eigenvalue weighted by atomic mass is 19.1. The minimum atomic E-state index is -1.05. The Labute approximate surface area is 194 Å². The molecule has 6 fully saturated rings. The third kappa shape index (κ3) is 4.04. The molecular formula is C27H34FNO4. The van der Waals surface area contributed by atoms with Gasteiger partial charge in [-0.2, -0.15) is 0 Å². The third-order valence-corrected chi connectivity index (χ3v) is 9.23. The Kier molecular flexibility index (Phi) is 5.19. The number of ether oxygens (including phenoxy) is 1. The number of carbonyl (C=O) groups is 2. The maximum absolute atomic E-state index is 15.1. The van der Waals surface area contributed by atoms with Crippen molar-refractivity contribution < 1.29 is 23.8 Å². The van der Waals surface area contributed by atoms with Crippen molar-refractivity contribution >= 4 is 11.9 Å². The van der Waals surface area contributed by atoms with E-state index in [1.165, 1.54) is 44.6 Å². The lowest BCUT2D eigenvalue weighted by molar-refractivity contribution is -0.141. The van der Waals surface area contributed by atoms with Crippen LogP contribution in [0.3, 0.4) is 0 Å². The molecule has 1 aromatic rings. The lowest BCUT2D eigenvalue weighted by Gasteiger charge is -2.56. The molecule has 6 heteroatoms. The van der Waals surface area contributed by atoms with Crippen molar-refractivity contribution in [2.75, 3.05) is 6.61 Å². The maximum Gasteiger partial charge on any atom is 0.326 e. The molecule has 2 N–H and O–H groups in total.